The van der Waals surface area contributed by atoms with Crippen LogP contribution in [0.2, 0.25) is 0 Å². The lowest BCUT2D eigenvalue weighted by Crippen LogP contribution is -2.55. The van der Waals surface area contributed by atoms with Gasteiger partial charge >= 0.3 is 0 Å². The number of carbonyl (C=O) groups excluding carboxylic acids is 3. The summed E-state index contributed by atoms with van der Waals surface area (Å²) >= 11 is 1.58. The molecule has 2 aliphatic rings. The summed E-state index contributed by atoms with van der Waals surface area (Å²) in [6.45, 7) is 5.36. The Morgan fingerprint density at radius 3 is 2.44 bits per heavy atom. The zero-order chi connectivity index (χ0) is 23.0. The fourth-order valence-electron chi connectivity index (χ4n) is 4.34. The average molecular weight is 454 g/mol. The molecule has 1 saturated heterocycles. The first-order valence-electron chi connectivity index (χ1n) is 10.6. The summed E-state index contributed by atoms with van der Waals surface area (Å²) in [5, 5.41) is 14.7. The van der Waals surface area contributed by atoms with E-state index in [2.05, 4.69) is 10.6 Å². The van der Waals surface area contributed by atoms with Crippen molar-refractivity contribution in [3.8, 4) is 0 Å². The van der Waals surface area contributed by atoms with E-state index in [-0.39, 0.29) is 23.8 Å². The van der Waals surface area contributed by atoms with Crippen molar-refractivity contribution < 1.29 is 19.5 Å². The van der Waals surface area contributed by atoms with Gasteiger partial charge in [-0.15, -0.1) is 11.8 Å². The van der Waals surface area contributed by atoms with Crippen molar-refractivity contribution in [1.82, 2.24) is 15.5 Å². The number of thioether (sulfide) groups is 1. The van der Waals surface area contributed by atoms with E-state index in [0.29, 0.717) is 11.1 Å². The number of hydrogen-bond acceptors (Lipinski definition) is 5. The number of benzene rings is 2. The molecule has 0 spiro atoms. The highest BCUT2D eigenvalue weighted by Crippen LogP contribution is 2.56. The van der Waals surface area contributed by atoms with E-state index < -0.39 is 28.8 Å². The molecular formula is C24H27N3O4S. The maximum absolute atomic E-state index is 13.6. The summed E-state index contributed by atoms with van der Waals surface area (Å²) in [6.07, 6.45) is 0. The van der Waals surface area contributed by atoms with Gasteiger partial charge in [-0.05, 0) is 38.0 Å². The first-order chi connectivity index (χ1) is 15.2. The van der Waals surface area contributed by atoms with Gasteiger partial charge < -0.3 is 20.6 Å². The summed E-state index contributed by atoms with van der Waals surface area (Å²) in [5.41, 5.74) is 2.16. The minimum Gasteiger partial charge on any atom is -0.394 e. The van der Waals surface area contributed by atoms with E-state index in [1.54, 1.807) is 53.9 Å². The summed E-state index contributed by atoms with van der Waals surface area (Å²) in [5.74, 6) is -0.965. The van der Waals surface area contributed by atoms with Gasteiger partial charge in [0.25, 0.3) is 5.91 Å². The Kier molecular flexibility index (Phi) is 6.01. The first kappa shape index (κ1) is 22.4. The summed E-state index contributed by atoms with van der Waals surface area (Å²) < 4.78 is -0.548. The minimum atomic E-state index is -0.947. The smallest absolute Gasteiger partial charge is 0.256 e. The van der Waals surface area contributed by atoms with E-state index >= 15 is 0 Å². The molecular weight excluding hydrogens is 426 g/mol. The molecule has 0 radical (unpaired) electrons. The number of carbonyl (C=O) groups is 3. The van der Waals surface area contributed by atoms with E-state index in [1.165, 1.54) is 0 Å². The summed E-state index contributed by atoms with van der Waals surface area (Å²) in [7, 11) is 0. The molecule has 0 aliphatic carbocycles. The molecule has 0 unspecified atom stereocenters. The zero-order valence-corrected chi connectivity index (χ0v) is 19.1. The van der Waals surface area contributed by atoms with Crippen LogP contribution in [0.5, 0.6) is 0 Å². The molecule has 32 heavy (non-hydrogen) atoms. The van der Waals surface area contributed by atoms with Gasteiger partial charge in [-0.2, -0.15) is 0 Å². The molecule has 3 amide bonds. The highest BCUT2D eigenvalue weighted by Gasteiger charge is 2.57. The Hall–Kier alpha value is -2.84. The third-order valence-corrected chi connectivity index (χ3v) is 7.42. The van der Waals surface area contributed by atoms with Crippen molar-refractivity contribution in [3.63, 3.8) is 0 Å². The zero-order valence-electron chi connectivity index (χ0n) is 18.2. The summed E-state index contributed by atoms with van der Waals surface area (Å²) in [4.78, 5) is 41.4. The van der Waals surface area contributed by atoms with Crippen LogP contribution in [-0.2, 0) is 9.59 Å². The molecule has 0 saturated carbocycles. The molecule has 3 N–H and O–H groups in total. The second kappa shape index (κ2) is 8.60. The van der Waals surface area contributed by atoms with Crippen LogP contribution in [0.3, 0.4) is 0 Å². The van der Waals surface area contributed by atoms with Crippen molar-refractivity contribution in [2.45, 2.75) is 49.0 Å². The number of nitrogens with zero attached hydrogens (tertiary/aromatic N) is 1. The highest BCUT2D eigenvalue weighted by molar-refractivity contribution is 8.01. The SMILES string of the molecule is C[C@@H](CO)NC(=O)[C@@H](NC(=O)[C@H]1N2C(=O)c3ccccc3[C@@H]2SC1(C)C)c1ccccc1. The molecule has 2 heterocycles. The van der Waals surface area contributed by atoms with E-state index in [0.717, 1.165) is 5.56 Å². The van der Waals surface area contributed by atoms with Crippen LogP contribution >= 0.6 is 11.8 Å². The van der Waals surface area contributed by atoms with E-state index in [4.69, 9.17) is 0 Å². The number of rotatable bonds is 6. The van der Waals surface area contributed by atoms with Gasteiger partial charge in [0.15, 0.2) is 0 Å². The van der Waals surface area contributed by atoms with Gasteiger partial charge in [-0.1, -0.05) is 48.5 Å². The molecule has 1 fully saturated rings. The molecule has 0 bridgehead atoms. The molecule has 4 atom stereocenters. The maximum Gasteiger partial charge on any atom is 0.256 e. The third kappa shape index (κ3) is 3.89. The number of aliphatic hydroxyl groups is 1. The van der Waals surface area contributed by atoms with Gasteiger partial charge in [0.1, 0.15) is 17.5 Å². The molecule has 7 nitrogen and oxygen atoms in total. The molecule has 2 aromatic carbocycles. The number of amides is 3. The topological polar surface area (TPSA) is 98.7 Å². The van der Waals surface area contributed by atoms with Crippen molar-refractivity contribution in [1.29, 1.82) is 0 Å². The average Bonchev–Trinajstić information content (AvgIpc) is 3.21. The van der Waals surface area contributed by atoms with Gasteiger partial charge in [0.05, 0.1) is 6.61 Å². The molecule has 0 aromatic heterocycles. The van der Waals surface area contributed by atoms with E-state index in [9.17, 15) is 19.5 Å². The van der Waals surface area contributed by atoms with Crippen LogP contribution < -0.4 is 10.6 Å². The van der Waals surface area contributed by atoms with Crippen LogP contribution in [0.25, 0.3) is 0 Å². The van der Waals surface area contributed by atoms with Gasteiger partial charge in [-0.3, -0.25) is 14.4 Å². The lowest BCUT2D eigenvalue weighted by atomic mass is 9.99. The fourth-order valence-corrected chi connectivity index (χ4v) is 5.93. The largest absolute Gasteiger partial charge is 0.394 e. The number of aliphatic hydroxyl groups excluding tert-OH is 1. The monoisotopic (exact) mass is 453 g/mol. The normalized spacial score (nSPS) is 22.6. The lowest BCUT2D eigenvalue weighted by Gasteiger charge is -2.31. The molecule has 8 heteroatoms. The van der Waals surface area contributed by atoms with Crippen LogP contribution in [0.4, 0.5) is 0 Å². The number of fused-ring (bicyclic) bond motifs is 3. The van der Waals surface area contributed by atoms with Gasteiger partial charge in [-0.25, -0.2) is 0 Å². The Morgan fingerprint density at radius 1 is 1.09 bits per heavy atom. The predicted octanol–water partition coefficient (Wildman–Crippen LogP) is 2.39. The van der Waals surface area contributed by atoms with Gasteiger partial charge in [0.2, 0.25) is 11.8 Å². The third-order valence-electron chi connectivity index (χ3n) is 5.89. The Labute approximate surface area is 191 Å². The van der Waals surface area contributed by atoms with Crippen LogP contribution in [-0.4, -0.2) is 51.2 Å². The first-order valence-corrected chi connectivity index (χ1v) is 11.5. The molecule has 2 aliphatic heterocycles. The van der Waals surface area contributed by atoms with Crippen LogP contribution in [0, 0.1) is 0 Å². The number of hydrogen-bond donors (Lipinski definition) is 3. The summed E-state index contributed by atoms with van der Waals surface area (Å²) in [6, 6.07) is 14.2. The number of nitrogens with one attached hydrogen (secondary N) is 2. The quantitative estimate of drug-likeness (QED) is 0.624. The van der Waals surface area contributed by atoms with Crippen molar-refractivity contribution in [2.75, 3.05) is 6.61 Å². The van der Waals surface area contributed by atoms with Crippen molar-refractivity contribution in [3.05, 3.63) is 71.3 Å². The Balaban J connectivity index is 1.63. The minimum absolute atomic E-state index is 0.168. The molecule has 4 rings (SSSR count). The Bertz CT molecular complexity index is 1040. The van der Waals surface area contributed by atoms with Gasteiger partial charge in [0, 0.05) is 16.4 Å². The highest BCUT2D eigenvalue weighted by atomic mass is 32.2. The second-order valence-electron chi connectivity index (χ2n) is 8.72. The standard InChI is InChI=1S/C24H27N3O4S/c1-14(13-28)25-20(29)18(15-9-5-4-6-10-15)26-21(30)19-24(2,3)32-23-17-12-8-7-11-16(17)22(31)27(19)23/h4-12,14,18-19,23,28H,13H2,1-3H3,(H,25,29)(H,26,30)/t14-,18-,19+,23-/m0/s1. The van der Waals surface area contributed by atoms with Crippen molar-refractivity contribution >= 4 is 29.5 Å². The van der Waals surface area contributed by atoms with Crippen molar-refractivity contribution in [2.24, 2.45) is 0 Å². The van der Waals surface area contributed by atoms with Crippen LogP contribution in [0.1, 0.15) is 53.7 Å². The Morgan fingerprint density at radius 2 is 1.75 bits per heavy atom. The lowest BCUT2D eigenvalue weighted by molar-refractivity contribution is -0.132. The van der Waals surface area contributed by atoms with E-state index in [1.807, 2.05) is 38.1 Å². The fraction of sp³-hybridized carbons (Fsp3) is 0.375. The molecule has 168 valence electrons. The van der Waals surface area contributed by atoms with Crippen LogP contribution in [0.15, 0.2) is 54.6 Å². The second-order valence-corrected chi connectivity index (χ2v) is 10.5. The molecule has 2 aromatic rings. The maximum atomic E-state index is 13.6. The predicted molar refractivity (Wildman–Crippen MR) is 123 cm³/mol.